The van der Waals surface area contributed by atoms with Crippen LogP contribution in [0.25, 0.3) is 10.9 Å². The highest BCUT2D eigenvalue weighted by molar-refractivity contribution is 5.95. The molecule has 66 valence electrons. The van der Waals surface area contributed by atoms with Gasteiger partial charge in [0.1, 0.15) is 17.3 Å². The minimum atomic E-state index is -0.661. The van der Waals surface area contributed by atoms with Crippen LogP contribution >= 0.6 is 0 Å². The van der Waals surface area contributed by atoms with E-state index in [1.165, 1.54) is 6.07 Å². The molecule has 0 amide bonds. The van der Waals surface area contributed by atoms with Gasteiger partial charge in [-0.1, -0.05) is 0 Å². The topological polar surface area (TPSA) is 66.0 Å². The number of carbonyl (C=O) groups is 1. The van der Waals surface area contributed by atoms with E-state index < -0.39 is 5.82 Å². The van der Waals surface area contributed by atoms with Crippen LogP contribution in [-0.2, 0) is 0 Å². The van der Waals surface area contributed by atoms with Gasteiger partial charge in [0, 0.05) is 12.1 Å². The summed E-state index contributed by atoms with van der Waals surface area (Å²) >= 11 is 0. The zero-order valence-electron chi connectivity index (χ0n) is 6.41. The number of rotatable bonds is 1. The summed E-state index contributed by atoms with van der Waals surface area (Å²) in [5.74, 6) is -0.875. The van der Waals surface area contributed by atoms with E-state index in [0.717, 1.165) is 6.07 Å². The van der Waals surface area contributed by atoms with E-state index in [1.54, 1.807) is 0 Å². The predicted octanol–water partition coefficient (Wildman–Crippen LogP) is 1.22. The first kappa shape index (κ1) is 7.72. The monoisotopic (exact) mass is 180 g/mol. The summed E-state index contributed by atoms with van der Waals surface area (Å²) in [5, 5.41) is 15.1. The lowest BCUT2D eigenvalue weighted by molar-refractivity contribution is 0.112. The largest absolute Gasteiger partial charge is 0.508 e. The molecule has 2 aromatic rings. The van der Waals surface area contributed by atoms with Gasteiger partial charge in [-0.05, 0) is 0 Å². The molecule has 0 saturated carbocycles. The Hall–Kier alpha value is -1.91. The van der Waals surface area contributed by atoms with Crippen LogP contribution in [0.1, 0.15) is 10.5 Å². The molecule has 0 saturated heterocycles. The van der Waals surface area contributed by atoms with Crippen molar-refractivity contribution in [3.8, 4) is 5.75 Å². The normalized spacial score (nSPS) is 10.5. The first-order valence-corrected chi connectivity index (χ1v) is 3.54. The maximum absolute atomic E-state index is 13.1. The molecule has 0 aliphatic carbocycles. The molecular formula is C8H5FN2O2. The van der Waals surface area contributed by atoms with Gasteiger partial charge in [-0.15, -0.1) is 0 Å². The van der Waals surface area contributed by atoms with E-state index in [9.17, 15) is 9.18 Å². The van der Waals surface area contributed by atoms with E-state index in [4.69, 9.17) is 5.11 Å². The first-order chi connectivity index (χ1) is 6.22. The molecule has 13 heavy (non-hydrogen) atoms. The Morgan fingerprint density at radius 3 is 3.00 bits per heavy atom. The summed E-state index contributed by atoms with van der Waals surface area (Å²) in [6, 6.07) is 2.22. The van der Waals surface area contributed by atoms with Crippen molar-refractivity contribution >= 4 is 17.2 Å². The third-order valence-electron chi connectivity index (χ3n) is 1.74. The molecule has 4 nitrogen and oxygen atoms in total. The van der Waals surface area contributed by atoms with Crippen molar-refractivity contribution in [3.05, 3.63) is 23.6 Å². The number of H-pyrrole nitrogens is 1. The van der Waals surface area contributed by atoms with Crippen molar-refractivity contribution < 1.29 is 14.3 Å². The van der Waals surface area contributed by atoms with Gasteiger partial charge in [-0.3, -0.25) is 9.89 Å². The van der Waals surface area contributed by atoms with Gasteiger partial charge in [0.05, 0.1) is 10.9 Å². The van der Waals surface area contributed by atoms with Gasteiger partial charge in [-0.25, -0.2) is 4.39 Å². The molecule has 0 spiro atoms. The molecule has 0 radical (unpaired) electrons. The second-order valence-electron chi connectivity index (χ2n) is 2.58. The SMILES string of the molecule is O=Cc1[nH]nc2cc(O)cc(F)c12. The smallest absolute Gasteiger partial charge is 0.168 e. The standard InChI is InChI=1S/C8H5FN2O2/c9-5-1-4(13)2-6-8(5)7(3-12)11-10-6/h1-3,13H,(H,10,11). The molecule has 2 rings (SSSR count). The first-order valence-electron chi connectivity index (χ1n) is 3.54. The number of hydrogen-bond donors (Lipinski definition) is 2. The summed E-state index contributed by atoms with van der Waals surface area (Å²) in [7, 11) is 0. The third-order valence-corrected chi connectivity index (χ3v) is 1.74. The Balaban J connectivity index is 2.89. The van der Waals surface area contributed by atoms with Gasteiger partial charge < -0.3 is 5.11 Å². The van der Waals surface area contributed by atoms with Crippen LogP contribution in [0, 0.1) is 5.82 Å². The number of benzene rings is 1. The van der Waals surface area contributed by atoms with E-state index in [0.29, 0.717) is 6.29 Å². The van der Waals surface area contributed by atoms with Crippen LogP contribution in [0.5, 0.6) is 5.75 Å². The number of aromatic nitrogens is 2. The zero-order valence-corrected chi connectivity index (χ0v) is 6.41. The van der Waals surface area contributed by atoms with Crippen LogP contribution in [-0.4, -0.2) is 21.6 Å². The summed E-state index contributed by atoms with van der Waals surface area (Å²) in [6.07, 6.45) is 0.482. The molecule has 0 atom stereocenters. The maximum Gasteiger partial charge on any atom is 0.168 e. The molecule has 2 N–H and O–H groups in total. The average molecular weight is 180 g/mol. The Morgan fingerprint density at radius 2 is 2.31 bits per heavy atom. The van der Waals surface area contributed by atoms with Gasteiger partial charge in [0.15, 0.2) is 6.29 Å². The number of nitrogens with zero attached hydrogens (tertiary/aromatic N) is 1. The minimum Gasteiger partial charge on any atom is -0.508 e. The lowest BCUT2D eigenvalue weighted by Gasteiger charge is -1.93. The quantitative estimate of drug-likeness (QED) is 0.648. The average Bonchev–Trinajstić information content (AvgIpc) is 2.47. The maximum atomic E-state index is 13.1. The summed E-state index contributed by atoms with van der Waals surface area (Å²) in [5.41, 5.74) is 0.312. The molecule has 1 aromatic heterocycles. The number of halogens is 1. The van der Waals surface area contributed by atoms with Crippen LogP contribution in [0.2, 0.25) is 0 Å². The third kappa shape index (κ3) is 1.05. The van der Waals surface area contributed by atoms with Crippen LogP contribution in [0.15, 0.2) is 12.1 Å². The van der Waals surface area contributed by atoms with E-state index in [1.807, 2.05) is 0 Å². The van der Waals surface area contributed by atoms with Crippen LogP contribution in [0.4, 0.5) is 4.39 Å². The van der Waals surface area contributed by atoms with Crippen molar-refractivity contribution in [1.29, 1.82) is 0 Å². The lowest BCUT2D eigenvalue weighted by atomic mass is 10.2. The van der Waals surface area contributed by atoms with E-state index in [-0.39, 0.29) is 22.3 Å². The fourth-order valence-corrected chi connectivity index (χ4v) is 1.19. The van der Waals surface area contributed by atoms with Crippen molar-refractivity contribution in [1.82, 2.24) is 10.2 Å². The number of aldehydes is 1. The number of hydrogen-bond acceptors (Lipinski definition) is 3. The summed E-state index contributed by atoms with van der Waals surface area (Å²) in [4.78, 5) is 10.4. The van der Waals surface area contributed by atoms with Crippen molar-refractivity contribution in [2.24, 2.45) is 0 Å². The minimum absolute atomic E-state index is 0.0764. The Bertz CT molecular complexity index is 478. The highest BCUT2D eigenvalue weighted by atomic mass is 19.1. The zero-order chi connectivity index (χ0) is 9.42. The van der Waals surface area contributed by atoms with Crippen LogP contribution in [0.3, 0.4) is 0 Å². The molecule has 5 heteroatoms. The second-order valence-corrected chi connectivity index (χ2v) is 2.58. The highest BCUT2D eigenvalue weighted by Crippen LogP contribution is 2.23. The molecule has 1 aromatic carbocycles. The fraction of sp³-hybridized carbons (Fsp3) is 0. The molecular weight excluding hydrogens is 175 g/mol. The predicted molar refractivity (Wildman–Crippen MR) is 43.1 cm³/mol. The molecule has 0 unspecified atom stereocenters. The second kappa shape index (κ2) is 2.55. The van der Waals surface area contributed by atoms with E-state index in [2.05, 4.69) is 10.2 Å². The number of phenolic OH excluding ortho intramolecular Hbond substituents is 1. The van der Waals surface area contributed by atoms with Gasteiger partial charge >= 0.3 is 0 Å². The number of aromatic amines is 1. The van der Waals surface area contributed by atoms with Gasteiger partial charge in [0.25, 0.3) is 0 Å². The fourth-order valence-electron chi connectivity index (χ4n) is 1.19. The number of aromatic hydroxyl groups is 1. The number of fused-ring (bicyclic) bond motifs is 1. The number of phenols is 1. The number of nitrogens with one attached hydrogen (secondary N) is 1. The Morgan fingerprint density at radius 1 is 1.54 bits per heavy atom. The van der Waals surface area contributed by atoms with Crippen LogP contribution < -0.4 is 0 Å². The van der Waals surface area contributed by atoms with Gasteiger partial charge in [-0.2, -0.15) is 5.10 Å². The Labute approximate surface area is 72.0 Å². The highest BCUT2D eigenvalue weighted by Gasteiger charge is 2.10. The molecule has 0 bridgehead atoms. The van der Waals surface area contributed by atoms with Gasteiger partial charge in [0.2, 0.25) is 0 Å². The summed E-state index contributed by atoms with van der Waals surface area (Å²) < 4.78 is 13.1. The Kier molecular flexibility index (Phi) is 1.51. The summed E-state index contributed by atoms with van der Waals surface area (Å²) in [6.45, 7) is 0. The van der Waals surface area contributed by atoms with Crippen molar-refractivity contribution in [2.75, 3.05) is 0 Å². The lowest BCUT2D eigenvalue weighted by Crippen LogP contribution is -1.82. The molecule has 0 aliphatic rings. The molecule has 1 heterocycles. The molecule has 0 fully saturated rings. The molecule has 0 aliphatic heterocycles. The van der Waals surface area contributed by atoms with E-state index >= 15 is 0 Å². The number of carbonyl (C=O) groups excluding carboxylic acids is 1. The van der Waals surface area contributed by atoms with Crippen molar-refractivity contribution in [3.63, 3.8) is 0 Å². The van der Waals surface area contributed by atoms with Crippen molar-refractivity contribution in [2.45, 2.75) is 0 Å².